The molecule has 33 heavy (non-hydrogen) atoms. The van der Waals surface area contributed by atoms with Crippen LogP contribution < -0.4 is 0 Å². The molecule has 2 amide bonds. The summed E-state index contributed by atoms with van der Waals surface area (Å²) in [7, 11) is 0. The summed E-state index contributed by atoms with van der Waals surface area (Å²) in [6.45, 7) is 4.73. The second kappa shape index (κ2) is 7.72. The highest BCUT2D eigenvalue weighted by Gasteiger charge is 2.61. The van der Waals surface area contributed by atoms with Gasteiger partial charge in [0.05, 0.1) is 5.41 Å². The van der Waals surface area contributed by atoms with Gasteiger partial charge in [-0.25, -0.2) is 0 Å². The zero-order valence-electron chi connectivity index (χ0n) is 19.6. The van der Waals surface area contributed by atoms with Crippen LogP contribution in [-0.4, -0.2) is 47.8 Å². The Labute approximate surface area is 197 Å². The number of carbonyl (C=O) groups is 2. The first-order valence-electron chi connectivity index (χ1n) is 12.7. The second-order valence-electron chi connectivity index (χ2n) is 11.3. The molecule has 5 aliphatic rings. The number of nitrogens with zero attached hydrogens (tertiary/aromatic N) is 2. The molecule has 1 aliphatic heterocycles. The third-order valence-electron chi connectivity index (χ3n) is 9.05. The maximum Gasteiger partial charge on any atom is 0.253 e. The van der Waals surface area contributed by atoms with Gasteiger partial charge in [0.15, 0.2) is 0 Å². The summed E-state index contributed by atoms with van der Waals surface area (Å²) in [6.07, 6.45) is 6.96. The molecule has 172 valence electrons. The summed E-state index contributed by atoms with van der Waals surface area (Å²) in [5, 5.41) is 0. The summed E-state index contributed by atoms with van der Waals surface area (Å²) in [5.74, 6) is 1.81. The van der Waals surface area contributed by atoms with Gasteiger partial charge in [0.1, 0.15) is 0 Å². The Morgan fingerprint density at radius 2 is 1.39 bits per heavy atom. The number of hydrogen-bond acceptors (Lipinski definition) is 2. The van der Waals surface area contributed by atoms with Crippen LogP contribution >= 0.6 is 0 Å². The van der Waals surface area contributed by atoms with E-state index in [1.807, 2.05) is 35.2 Å². The average Bonchev–Trinajstić information content (AvgIpc) is 2.83. The summed E-state index contributed by atoms with van der Waals surface area (Å²) < 4.78 is 0. The SMILES string of the molecule is Cc1ccc(C23C[C@H]4C[C@@H](CC(C(=O)N5CCN(C(=O)c6ccccc6)CC5)(C4)C2)C3)cc1. The summed E-state index contributed by atoms with van der Waals surface area (Å²) >= 11 is 0. The Balaban J connectivity index is 1.19. The van der Waals surface area contributed by atoms with E-state index >= 15 is 0 Å². The van der Waals surface area contributed by atoms with Gasteiger partial charge in [0.2, 0.25) is 5.91 Å². The van der Waals surface area contributed by atoms with Gasteiger partial charge in [-0.1, -0.05) is 48.0 Å². The van der Waals surface area contributed by atoms with Crippen molar-refractivity contribution in [2.45, 2.75) is 50.9 Å². The minimum Gasteiger partial charge on any atom is -0.339 e. The largest absolute Gasteiger partial charge is 0.339 e. The topological polar surface area (TPSA) is 40.6 Å². The molecule has 0 aromatic heterocycles. The Kier molecular flexibility index (Phi) is 4.90. The molecule has 0 unspecified atom stereocenters. The van der Waals surface area contributed by atoms with Crippen LogP contribution in [0.5, 0.6) is 0 Å². The van der Waals surface area contributed by atoms with Crippen molar-refractivity contribution >= 4 is 11.8 Å². The molecule has 4 heteroatoms. The van der Waals surface area contributed by atoms with Crippen LogP contribution in [0.1, 0.15) is 60.0 Å². The van der Waals surface area contributed by atoms with Gasteiger partial charge in [-0.15, -0.1) is 0 Å². The number of amides is 2. The highest BCUT2D eigenvalue weighted by atomic mass is 16.2. The number of benzene rings is 2. The molecule has 1 saturated heterocycles. The predicted molar refractivity (Wildman–Crippen MR) is 129 cm³/mol. The molecule has 5 fully saturated rings. The van der Waals surface area contributed by atoms with Crippen molar-refractivity contribution in [3.05, 3.63) is 71.3 Å². The third kappa shape index (κ3) is 3.50. The molecule has 4 nitrogen and oxygen atoms in total. The first-order valence-corrected chi connectivity index (χ1v) is 12.7. The molecule has 0 radical (unpaired) electrons. The maximum absolute atomic E-state index is 14.0. The Bertz CT molecular complexity index is 1040. The molecule has 4 bridgehead atoms. The molecule has 1 heterocycles. The number of hydrogen-bond donors (Lipinski definition) is 0. The lowest BCUT2D eigenvalue weighted by Gasteiger charge is -2.62. The van der Waals surface area contributed by atoms with E-state index in [1.165, 1.54) is 30.4 Å². The molecular formula is C29H34N2O2. The minimum absolute atomic E-state index is 0.0795. The van der Waals surface area contributed by atoms with Crippen molar-refractivity contribution in [3.8, 4) is 0 Å². The first-order chi connectivity index (χ1) is 16.0. The van der Waals surface area contributed by atoms with Crippen LogP contribution in [0.4, 0.5) is 0 Å². The lowest BCUT2D eigenvalue weighted by Crippen LogP contribution is -2.61. The lowest BCUT2D eigenvalue weighted by atomic mass is 9.42. The number of rotatable bonds is 3. The Morgan fingerprint density at radius 3 is 2.03 bits per heavy atom. The van der Waals surface area contributed by atoms with Crippen LogP contribution in [0.3, 0.4) is 0 Å². The van der Waals surface area contributed by atoms with Gasteiger partial charge in [-0.05, 0) is 80.4 Å². The molecule has 4 saturated carbocycles. The van der Waals surface area contributed by atoms with E-state index in [2.05, 4.69) is 36.1 Å². The fourth-order valence-electron chi connectivity index (χ4n) is 7.97. The molecule has 2 aromatic carbocycles. The molecule has 7 rings (SSSR count). The zero-order valence-corrected chi connectivity index (χ0v) is 19.6. The average molecular weight is 443 g/mol. The van der Waals surface area contributed by atoms with E-state index in [0.717, 1.165) is 24.8 Å². The maximum atomic E-state index is 14.0. The summed E-state index contributed by atoms with van der Waals surface area (Å²) in [5.41, 5.74) is 3.48. The summed E-state index contributed by atoms with van der Waals surface area (Å²) in [4.78, 5) is 30.9. The smallest absolute Gasteiger partial charge is 0.253 e. The van der Waals surface area contributed by atoms with Crippen LogP contribution in [0.25, 0.3) is 0 Å². The first kappa shape index (κ1) is 20.9. The van der Waals surface area contributed by atoms with Crippen LogP contribution in [0.2, 0.25) is 0 Å². The van der Waals surface area contributed by atoms with Crippen LogP contribution in [0.15, 0.2) is 54.6 Å². The number of aryl methyl sites for hydroxylation is 1. The highest BCUT2D eigenvalue weighted by Crippen LogP contribution is 2.66. The Hall–Kier alpha value is -2.62. The molecule has 0 N–H and O–H groups in total. The van der Waals surface area contributed by atoms with Crippen molar-refractivity contribution in [3.63, 3.8) is 0 Å². The molecule has 2 atom stereocenters. The van der Waals surface area contributed by atoms with Crippen molar-refractivity contribution in [1.29, 1.82) is 0 Å². The Morgan fingerprint density at radius 1 is 0.788 bits per heavy atom. The van der Waals surface area contributed by atoms with Crippen molar-refractivity contribution < 1.29 is 9.59 Å². The van der Waals surface area contributed by atoms with Crippen molar-refractivity contribution in [2.24, 2.45) is 17.3 Å². The van der Waals surface area contributed by atoms with Crippen LogP contribution in [0, 0.1) is 24.2 Å². The van der Waals surface area contributed by atoms with E-state index in [4.69, 9.17) is 0 Å². The molecule has 4 aliphatic carbocycles. The van der Waals surface area contributed by atoms with Crippen LogP contribution in [-0.2, 0) is 10.2 Å². The fraction of sp³-hybridized carbons (Fsp3) is 0.517. The fourth-order valence-corrected chi connectivity index (χ4v) is 7.97. The van der Waals surface area contributed by atoms with E-state index in [1.54, 1.807) is 0 Å². The summed E-state index contributed by atoms with van der Waals surface area (Å²) in [6, 6.07) is 18.6. The predicted octanol–water partition coefficient (Wildman–Crippen LogP) is 4.82. The standard InChI is InChI=1S/C29H34N2O2/c1-21-7-9-25(10-8-21)28-16-22-15-23(17-28)19-29(18-22,20-28)27(33)31-13-11-30(12-14-31)26(32)24-5-3-2-4-6-24/h2-10,22-23H,11-20H2,1H3/t22-,23-,28?,29?/m1/s1. The monoisotopic (exact) mass is 442 g/mol. The van der Waals surface area contributed by atoms with E-state index in [0.29, 0.717) is 43.9 Å². The van der Waals surface area contributed by atoms with Gasteiger partial charge in [0, 0.05) is 31.7 Å². The van der Waals surface area contributed by atoms with Gasteiger partial charge in [-0.3, -0.25) is 9.59 Å². The van der Waals surface area contributed by atoms with Gasteiger partial charge >= 0.3 is 0 Å². The van der Waals surface area contributed by atoms with E-state index in [9.17, 15) is 9.59 Å². The van der Waals surface area contributed by atoms with Gasteiger partial charge in [-0.2, -0.15) is 0 Å². The van der Waals surface area contributed by atoms with E-state index < -0.39 is 0 Å². The van der Waals surface area contributed by atoms with E-state index in [-0.39, 0.29) is 16.7 Å². The molecule has 2 aromatic rings. The van der Waals surface area contributed by atoms with Crippen molar-refractivity contribution in [2.75, 3.05) is 26.2 Å². The van der Waals surface area contributed by atoms with Gasteiger partial charge < -0.3 is 9.80 Å². The number of carbonyl (C=O) groups excluding carboxylic acids is 2. The normalized spacial score (nSPS) is 32.8. The zero-order chi connectivity index (χ0) is 22.6. The lowest BCUT2D eigenvalue weighted by molar-refractivity contribution is -0.161. The highest BCUT2D eigenvalue weighted by molar-refractivity contribution is 5.94. The van der Waals surface area contributed by atoms with Gasteiger partial charge in [0.25, 0.3) is 5.91 Å². The minimum atomic E-state index is -0.194. The molecular weight excluding hydrogens is 408 g/mol. The number of piperazine rings is 1. The third-order valence-corrected chi connectivity index (χ3v) is 9.05. The second-order valence-corrected chi connectivity index (χ2v) is 11.3. The quantitative estimate of drug-likeness (QED) is 0.684. The molecule has 0 spiro atoms. The van der Waals surface area contributed by atoms with Crippen molar-refractivity contribution in [1.82, 2.24) is 9.80 Å².